The average molecular weight is 300 g/mol. The highest BCUT2D eigenvalue weighted by Crippen LogP contribution is 2.22. The molecule has 0 radical (unpaired) electrons. The first kappa shape index (κ1) is 17.5. The van der Waals surface area contributed by atoms with Crippen LogP contribution in [0.1, 0.15) is 24.8 Å². The molecule has 0 fully saturated rings. The van der Waals surface area contributed by atoms with Crippen LogP contribution < -0.4 is 0 Å². The van der Waals surface area contributed by atoms with Gasteiger partial charge in [0.2, 0.25) is 0 Å². The lowest BCUT2D eigenvalue weighted by Crippen LogP contribution is -2.34. The molecule has 0 aromatic heterocycles. The Kier molecular flexibility index (Phi) is 7.20. The Morgan fingerprint density at radius 3 is 2.43 bits per heavy atom. The van der Waals surface area contributed by atoms with E-state index in [4.69, 9.17) is 10.4 Å². The largest absolute Gasteiger partial charge is 0.414 e. The first-order valence-electron chi connectivity index (χ1n) is 6.81. The number of hydrogen-bond acceptors (Lipinski definition) is 3. The maximum atomic E-state index is 12.3. The van der Waals surface area contributed by atoms with Crippen LogP contribution in [0.2, 0.25) is 0 Å². The lowest BCUT2D eigenvalue weighted by atomic mass is 10.1. The molecule has 21 heavy (non-hydrogen) atoms. The molecule has 0 unspecified atom stereocenters. The van der Waals surface area contributed by atoms with Gasteiger partial charge in [0.05, 0.1) is 6.07 Å². The molecule has 1 aromatic carbocycles. The normalized spacial score (nSPS) is 13.1. The van der Waals surface area contributed by atoms with Crippen molar-refractivity contribution in [3.05, 3.63) is 35.9 Å². The van der Waals surface area contributed by atoms with Gasteiger partial charge in [0.15, 0.2) is 6.10 Å². The summed E-state index contributed by atoms with van der Waals surface area (Å²) in [6.45, 7) is 1.19. The van der Waals surface area contributed by atoms with Gasteiger partial charge < -0.3 is 5.11 Å². The molecule has 1 atom stereocenters. The number of hydrogen-bond donors (Lipinski definition) is 1. The first-order chi connectivity index (χ1) is 9.93. The van der Waals surface area contributed by atoms with Gasteiger partial charge in [-0.05, 0) is 24.9 Å². The van der Waals surface area contributed by atoms with E-state index in [1.54, 1.807) is 0 Å². The number of nitriles is 1. The van der Waals surface area contributed by atoms with E-state index >= 15 is 0 Å². The van der Waals surface area contributed by atoms with E-state index in [0.29, 0.717) is 25.9 Å². The Morgan fingerprint density at radius 2 is 1.86 bits per heavy atom. The first-order valence-corrected chi connectivity index (χ1v) is 6.81. The maximum absolute atomic E-state index is 12.3. The van der Waals surface area contributed by atoms with Gasteiger partial charge >= 0.3 is 6.18 Å². The summed E-state index contributed by atoms with van der Waals surface area (Å²) in [7, 11) is 0. The minimum Gasteiger partial charge on any atom is -0.384 e. The number of aliphatic hydroxyl groups excluding tert-OH is 1. The molecule has 0 saturated heterocycles. The molecule has 1 aromatic rings. The van der Waals surface area contributed by atoms with E-state index in [9.17, 15) is 13.2 Å². The monoisotopic (exact) mass is 300 g/mol. The fraction of sp³-hybridized carbons (Fsp3) is 0.533. The van der Waals surface area contributed by atoms with Gasteiger partial charge in [-0.15, -0.1) is 0 Å². The van der Waals surface area contributed by atoms with Crippen molar-refractivity contribution in [2.24, 2.45) is 0 Å². The minimum atomic E-state index is -4.58. The summed E-state index contributed by atoms with van der Waals surface area (Å²) in [5, 5.41) is 17.6. The Hall–Kier alpha value is -1.58. The number of halogens is 3. The SMILES string of the molecule is N#CCCCN(CC[C@H](O)C(F)(F)F)Cc1ccccc1. The zero-order valence-electron chi connectivity index (χ0n) is 11.7. The smallest absolute Gasteiger partial charge is 0.384 e. The molecule has 1 N–H and O–H groups in total. The molecule has 0 amide bonds. The zero-order valence-corrected chi connectivity index (χ0v) is 11.7. The lowest BCUT2D eigenvalue weighted by Gasteiger charge is -2.24. The van der Waals surface area contributed by atoms with Gasteiger partial charge in [-0.3, -0.25) is 4.90 Å². The molecule has 0 heterocycles. The van der Waals surface area contributed by atoms with Crippen molar-refractivity contribution >= 4 is 0 Å². The van der Waals surface area contributed by atoms with Crippen LogP contribution in [-0.2, 0) is 6.54 Å². The third-order valence-corrected chi connectivity index (χ3v) is 3.11. The van der Waals surface area contributed by atoms with E-state index in [1.807, 2.05) is 41.3 Å². The highest BCUT2D eigenvalue weighted by molar-refractivity contribution is 5.14. The summed E-state index contributed by atoms with van der Waals surface area (Å²) < 4.78 is 37.0. The number of unbranched alkanes of at least 4 members (excludes halogenated alkanes) is 1. The molecular weight excluding hydrogens is 281 g/mol. The van der Waals surface area contributed by atoms with Gasteiger partial charge in [-0.25, -0.2) is 0 Å². The van der Waals surface area contributed by atoms with Gasteiger partial charge in [-0.2, -0.15) is 18.4 Å². The van der Waals surface area contributed by atoms with E-state index < -0.39 is 12.3 Å². The number of nitrogens with zero attached hydrogens (tertiary/aromatic N) is 2. The summed E-state index contributed by atoms with van der Waals surface area (Å²) in [5.74, 6) is 0. The van der Waals surface area contributed by atoms with Crippen molar-refractivity contribution in [2.75, 3.05) is 13.1 Å². The predicted octanol–water partition coefficient (Wildman–Crippen LogP) is 3.11. The van der Waals surface area contributed by atoms with Gasteiger partial charge in [-0.1, -0.05) is 30.3 Å². The second kappa shape index (κ2) is 8.65. The van der Waals surface area contributed by atoms with Crippen molar-refractivity contribution in [2.45, 2.75) is 38.1 Å². The number of aliphatic hydroxyl groups is 1. The Labute approximate surface area is 122 Å². The Morgan fingerprint density at radius 1 is 1.19 bits per heavy atom. The van der Waals surface area contributed by atoms with Crippen molar-refractivity contribution < 1.29 is 18.3 Å². The summed E-state index contributed by atoms with van der Waals surface area (Å²) >= 11 is 0. The molecule has 0 bridgehead atoms. The van der Waals surface area contributed by atoms with Crippen LogP contribution >= 0.6 is 0 Å². The highest BCUT2D eigenvalue weighted by Gasteiger charge is 2.37. The summed E-state index contributed by atoms with van der Waals surface area (Å²) in [6, 6.07) is 11.4. The Bertz CT molecular complexity index is 442. The third kappa shape index (κ3) is 7.11. The molecule has 6 heteroatoms. The number of rotatable bonds is 8. The van der Waals surface area contributed by atoms with Crippen molar-refractivity contribution in [3.8, 4) is 6.07 Å². The Balaban J connectivity index is 2.54. The van der Waals surface area contributed by atoms with E-state index in [2.05, 4.69) is 0 Å². The molecule has 0 spiro atoms. The van der Waals surface area contributed by atoms with Crippen LogP contribution in [0.15, 0.2) is 30.3 Å². The average Bonchev–Trinajstić information content (AvgIpc) is 2.44. The molecule has 0 aliphatic heterocycles. The molecule has 1 rings (SSSR count). The van der Waals surface area contributed by atoms with E-state index in [1.165, 1.54) is 0 Å². The number of benzene rings is 1. The standard InChI is InChI=1S/C15H19F3N2O/c16-15(17,18)14(21)8-11-20(10-5-4-9-19)12-13-6-2-1-3-7-13/h1-3,6-7,14,21H,4-5,8,10-12H2/t14-/m0/s1. The summed E-state index contributed by atoms with van der Waals surface area (Å²) in [5.41, 5.74) is 0.996. The van der Waals surface area contributed by atoms with Gasteiger partial charge in [0.1, 0.15) is 0 Å². The second-order valence-corrected chi connectivity index (χ2v) is 4.87. The fourth-order valence-corrected chi connectivity index (χ4v) is 1.96. The molecule has 0 aliphatic carbocycles. The van der Waals surface area contributed by atoms with Crippen LogP contribution in [0.5, 0.6) is 0 Å². The quantitative estimate of drug-likeness (QED) is 0.750. The van der Waals surface area contributed by atoms with Crippen LogP contribution in [0, 0.1) is 11.3 Å². The van der Waals surface area contributed by atoms with Crippen LogP contribution in [0.25, 0.3) is 0 Å². The van der Waals surface area contributed by atoms with E-state index in [-0.39, 0.29) is 13.0 Å². The predicted molar refractivity (Wildman–Crippen MR) is 73.2 cm³/mol. The molecule has 3 nitrogen and oxygen atoms in total. The third-order valence-electron chi connectivity index (χ3n) is 3.11. The number of alkyl halides is 3. The fourth-order valence-electron chi connectivity index (χ4n) is 1.96. The topological polar surface area (TPSA) is 47.3 Å². The second-order valence-electron chi connectivity index (χ2n) is 4.87. The minimum absolute atomic E-state index is 0.140. The van der Waals surface area contributed by atoms with Crippen LogP contribution in [0.4, 0.5) is 13.2 Å². The molecule has 116 valence electrons. The molecule has 0 saturated carbocycles. The lowest BCUT2D eigenvalue weighted by molar-refractivity contribution is -0.206. The highest BCUT2D eigenvalue weighted by atomic mass is 19.4. The maximum Gasteiger partial charge on any atom is 0.414 e. The van der Waals surface area contributed by atoms with E-state index in [0.717, 1.165) is 5.56 Å². The summed E-state index contributed by atoms with van der Waals surface area (Å²) in [4.78, 5) is 1.83. The van der Waals surface area contributed by atoms with Gasteiger partial charge in [0, 0.05) is 19.5 Å². The van der Waals surface area contributed by atoms with Crippen molar-refractivity contribution in [1.29, 1.82) is 5.26 Å². The van der Waals surface area contributed by atoms with Crippen molar-refractivity contribution in [1.82, 2.24) is 4.90 Å². The van der Waals surface area contributed by atoms with Crippen LogP contribution in [-0.4, -0.2) is 35.4 Å². The van der Waals surface area contributed by atoms with Crippen LogP contribution in [0.3, 0.4) is 0 Å². The molecule has 0 aliphatic rings. The van der Waals surface area contributed by atoms with Gasteiger partial charge in [0.25, 0.3) is 0 Å². The molecular formula is C15H19F3N2O. The summed E-state index contributed by atoms with van der Waals surface area (Å²) in [6.07, 6.45) is -6.27. The zero-order chi connectivity index (χ0) is 15.7. The van der Waals surface area contributed by atoms with Crippen molar-refractivity contribution in [3.63, 3.8) is 0 Å².